The molecule has 0 unspecified atom stereocenters. The van der Waals surface area contributed by atoms with Crippen molar-refractivity contribution in [3.8, 4) is 0 Å². The van der Waals surface area contributed by atoms with Gasteiger partial charge in [0.2, 0.25) is 0 Å². The van der Waals surface area contributed by atoms with Gasteiger partial charge in [0.15, 0.2) is 0 Å². The van der Waals surface area contributed by atoms with Crippen LogP contribution in [0.1, 0.15) is 24.0 Å². The topological polar surface area (TPSA) is 140 Å². The molecule has 2 amide bonds. The first-order chi connectivity index (χ1) is 17.4. The normalized spacial score (nSPS) is 20.4. The average molecular weight is 531 g/mol. The molecule has 0 saturated carbocycles. The molecule has 6 N–H and O–H groups in total. The molecule has 0 aliphatic carbocycles. The Morgan fingerprint density at radius 2 is 1.22 bits per heavy atom. The quantitative estimate of drug-likeness (QED) is 0.276. The van der Waals surface area contributed by atoms with E-state index in [1.54, 1.807) is 36.4 Å². The first-order valence-corrected chi connectivity index (χ1v) is 12.5. The lowest BCUT2D eigenvalue weighted by Gasteiger charge is -2.19. The molecule has 200 valence electrons. The van der Waals surface area contributed by atoms with Crippen molar-refractivity contribution in [1.82, 2.24) is 10.6 Å². The average Bonchev–Trinajstić information content (AvgIpc) is 3.56. The number of rotatable bonds is 10. The molecule has 9 nitrogen and oxygen atoms in total. The fourth-order valence-corrected chi connectivity index (χ4v) is 5.31. The highest BCUT2D eigenvalue weighted by Crippen LogP contribution is 2.26. The van der Waals surface area contributed by atoms with E-state index in [1.807, 2.05) is 12.1 Å². The van der Waals surface area contributed by atoms with Gasteiger partial charge in [-0.3, -0.25) is 9.59 Å². The van der Waals surface area contributed by atoms with Crippen molar-refractivity contribution in [2.45, 2.75) is 25.7 Å². The summed E-state index contributed by atoms with van der Waals surface area (Å²) in [5.74, 6) is -2.34. The molecule has 10 heteroatoms. The Kier molecular flexibility index (Phi) is 10.3. The standard InChI is InChI=1S/C27H34N4O5.ClH/c32-25(33)23(19-7-9-28-15-19)13-17-3-1-5-21(11-17)30-27(36)31-22-6-2-4-18(12-22)14-24(26(34)35)20-8-10-29-16-20;/h1-6,11-12,19-20,23-24,28-29H,7-10,13-16H2,(H,32,33)(H,34,35)(H2,30,31,36);1H/t19-,20-,23-,24-;/m0./s1. The Balaban J connectivity index is 0.00000380. The first-order valence-electron chi connectivity index (χ1n) is 12.5. The third-order valence-corrected chi connectivity index (χ3v) is 7.25. The van der Waals surface area contributed by atoms with Gasteiger partial charge in [-0.25, -0.2) is 4.79 Å². The number of carboxylic acid groups (broad SMARTS) is 2. The molecule has 2 aromatic rings. The maximum atomic E-state index is 12.7. The number of halogens is 1. The number of nitrogens with one attached hydrogen (secondary N) is 4. The summed E-state index contributed by atoms with van der Waals surface area (Å²) >= 11 is 0. The molecule has 2 saturated heterocycles. The van der Waals surface area contributed by atoms with Crippen LogP contribution in [0.5, 0.6) is 0 Å². The number of aliphatic carboxylic acids is 2. The van der Waals surface area contributed by atoms with Crippen LogP contribution in [0, 0.1) is 23.7 Å². The van der Waals surface area contributed by atoms with Crippen LogP contribution in [-0.4, -0.2) is 54.4 Å². The van der Waals surface area contributed by atoms with Crippen LogP contribution in [-0.2, 0) is 22.4 Å². The highest BCUT2D eigenvalue weighted by molar-refractivity contribution is 5.99. The molecule has 4 rings (SSSR count). The van der Waals surface area contributed by atoms with Gasteiger partial charge in [0.05, 0.1) is 11.8 Å². The molecule has 37 heavy (non-hydrogen) atoms. The summed E-state index contributed by atoms with van der Waals surface area (Å²) in [5, 5.41) is 31.5. The van der Waals surface area contributed by atoms with Crippen molar-refractivity contribution in [2.75, 3.05) is 36.8 Å². The van der Waals surface area contributed by atoms with Crippen LogP contribution in [0.25, 0.3) is 0 Å². The van der Waals surface area contributed by atoms with Gasteiger partial charge in [0.1, 0.15) is 0 Å². The van der Waals surface area contributed by atoms with Gasteiger partial charge < -0.3 is 31.5 Å². The van der Waals surface area contributed by atoms with Crippen LogP contribution in [0.2, 0.25) is 0 Å². The van der Waals surface area contributed by atoms with Crippen LogP contribution < -0.4 is 21.3 Å². The minimum Gasteiger partial charge on any atom is -0.481 e. The van der Waals surface area contributed by atoms with Crippen LogP contribution in [0.15, 0.2) is 48.5 Å². The lowest BCUT2D eigenvalue weighted by atomic mass is 9.86. The van der Waals surface area contributed by atoms with Gasteiger partial charge in [-0.2, -0.15) is 0 Å². The maximum Gasteiger partial charge on any atom is 0.323 e. The number of anilines is 2. The highest BCUT2D eigenvalue weighted by atomic mass is 35.5. The van der Waals surface area contributed by atoms with Crippen molar-refractivity contribution in [1.29, 1.82) is 0 Å². The first kappa shape index (κ1) is 28.4. The van der Waals surface area contributed by atoms with E-state index in [9.17, 15) is 24.6 Å². The predicted octanol–water partition coefficient (Wildman–Crippen LogP) is 3.46. The van der Waals surface area contributed by atoms with Gasteiger partial charge >= 0.3 is 18.0 Å². The summed E-state index contributed by atoms with van der Waals surface area (Å²) < 4.78 is 0. The second kappa shape index (κ2) is 13.4. The molecule has 2 aliphatic heterocycles. The molecule has 2 aromatic carbocycles. The molecule has 0 bridgehead atoms. The molecule has 2 aliphatic rings. The van der Waals surface area contributed by atoms with Gasteiger partial charge in [-0.05, 0) is 99.1 Å². The van der Waals surface area contributed by atoms with Crippen molar-refractivity contribution < 1.29 is 24.6 Å². The molecule has 0 spiro atoms. The van der Waals surface area contributed by atoms with Crippen molar-refractivity contribution in [3.05, 3.63) is 59.7 Å². The Hall–Kier alpha value is -3.14. The minimum absolute atomic E-state index is 0. The lowest BCUT2D eigenvalue weighted by Crippen LogP contribution is -2.27. The molecule has 4 atom stereocenters. The summed E-state index contributed by atoms with van der Waals surface area (Å²) in [6.45, 7) is 3.10. The monoisotopic (exact) mass is 530 g/mol. The van der Waals surface area contributed by atoms with Gasteiger partial charge in [0, 0.05) is 11.4 Å². The van der Waals surface area contributed by atoms with Crippen LogP contribution in [0.4, 0.5) is 16.2 Å². The van der Waals surface area contributed by atoms with Crippen molar-refractivity contribution in [2.24, 2.45) is 23.7 Å². The van der Waals surface area contributed by atoms with Gasteiger partial charge in [-0.1, -0.05) is 24.3 Å². The third kappa shape index (κ3) is 7.92. The summed E-state index contributed by atoms with van der Waals surface area (Å²) in [6, 6.07) is 14.1. The zero-order valence-corrected chi connectivity index (χ0v) is 21.4. The number of carbonyl (C=O) groups is 3. The predicted molar refractivity (Wildman–Crippen MR) is 144 cm³/mol. The van der Waals surface area contributed by atoms with E-state index < -0.39 is 29.8 Å². The molecular weight excluding hydrogens is 496 g/mol. The van der Waals surface area contributed by atoms with E-state index >= 15 is 0 Å². The largest absolute Gasteiger partial charge is 0.481 e. The molecule has 0 aromatic heterocycles. The number of hydrogen-bond acceptors (Lipinski definition) is 5. The van der Waals surface area contributed by atoms with Crippen LogP contribution in [0.3, 0.4) is 0 Å². The maximum absolute atomic E-state index is 12.7. The van der Waals surface area contributed by atoms with Crippen molar-refractivity contribution >= 4 is 41.8 Å². The molecule has 2 heterocycles. The number of amides is 2. The fourth-order valence-electron chi connectivity index (χ4n) is 5.31. The minimum atomic E-state index is -0.797. The zero-order chi connectivity index (χ0) is 25.5. The van der Waals surface area contributed by atoms with Crippen molar-refractivity contribution in [3.63, 3.8) is 0 Å². The molecule has 2 fully saturated rings. The molecule has 0 radical (unpaired) electrons. The Bertz CT molecular complexity index is 1000. The number of hydrogen-bond donors (Lipinski definition) is 6. The Labute approximate surface area is 222 Å². The summed E-state index contributed by atoms with van der Waals surface area (Å²) in [7, 11) is 0. The number of benzene rings is 2. The molecular formula is C27H35ClN4O5. The Morgan fingerprint density at radius 3 is 1.57 bits per heavy atom. The van der Waals surface area contributed by atoms with E-state index in [0.29, 0.717) is 37.3 Å². The van der Waals surface area contributed by atoms with Gasteiger partial charge in [0.25, 0.3) is 0 Å². The zero-order valence-electron chi connectivity index (χ0n) is 20.6. The van der Waals surface area contributed by atoms with E-state index in [2.05, 4.69) is 21.3 Å². The highest BCUT2D eigenvalue weighted by Gasteiger charge is 2.31. The Morgan fingerprint density at radius 1 is 0.784 bits per heavy atom. The number of carboxylic acids is 2. The fraction of sp³-hybridized carbons (Fsp3) is 0.444. The van der Waals surface area contributed by atoms with Crippen LogP contribution >= 0.6 is 12.4 Å². The van der Waals surface area contributed by atoms with Gasteiger partial charge in [-0.15, -0.1) is 12.4 Å². The van der Waals surface area contributed by atoms with E-state index in [1.165, 1.54) is 0 Å². The summed E-state index contributed by atoms with van der Waals surface area (Å²) in [6.07, 6.45) is 2.51. The number of urea groups is 1. The van der Waals surface area contributed by atoms with E-state index in [4.69, 9.17) is 0 Å². The SMILES string of the molecule is Cl.O=C(Nc1cccc(C[C@H](C(=O)O)[C@H]2CCNC2)c1)Nc1cccc(C[C@H](C(=O)O)[C@H]2CCNC2)c1. The van der Waals surface area contributed by atoms with E-state index in [-0.39, 0.29) is 24.2 Å². The second-order valence-electron chi connectivity index (χ2n) is 9.78. The lowest BCUT2D eigenvalue weighted by molar-refractivity contribution is -0.144. The van der Waals surface area contributed by atoms with E-state index in [0.717, 1.165) is 37.1 Å². The third-order valence-electron chi connectivity index (χ3n) is 7.25. The summed E-state index contributed by atoms with van der Waals surface area (Å²) in [4.78, 5) is 36.3. The summed E-state index contributed by atoms with van der Waals surface area (Å²) in [5.41, 5.74) is 2.87. The smallest absolute Gasteiger partial charge is 0.323 e. The second-order valence-corrected chi connectivity index (χ2v) is 9.78. The number of carbonyl (C=O) groups excluding carboxylic acids is 1.